The Hall–Kier alpha value is -1.54. The highest BCUT2D eigenvalue weighted by Crippen LogP contribution is 2.00. The smallest absolute Gasteiger partial charge is 0.353 e. The molecule has 0 saturated heterocycles. The Morgan fingerprint density at radius 1 is 1.47 bits per heavy atom. The number of carbonyl (C=O) groups is 2. The van der Waals surface area contributed by atoms with Gasteiger partial charge in [-0.3, -0.25) is 10.2 Å². The lowest BCUT2D eigenvalue weighted by atomic mass is 10.6. The molecule has 0 aliphatic heterocycles. The van der Waals surface area contributed by atoms with Crippen molar-refractivity contribution in [3.8, 4) is 0 Å². The third kappa shape index (κ3) is 3.26. The van der Waals surface area contributed by atoms with Gasteiger partial charge in [-0.15, -0.1) is 0 Å². The molecular weight excluding hydrogens is 218 g/mol. The number of urea groups is 1. The summed E-state index contributed by atoms with van der Waals surface area (Å²) < 4.78 is 0. The summed E-state index contributed by atoms with van der Waals surface area (Å²) in [7, 11) is 3.03. The van der Waals surface area contributed by atoms with E-state index >= 15 is 0 Å². The molecule has 0 aromatic carbocycles. The van der Waals surface area contributed by atoms with Crippen LogP contribution in [0.5, 0.6) is 0 Å². The van der Waals surface area contributed by atoms with Gasteiger partial charge in [0.25, 0.3) is 0 Å². The minimum atomic E-state index is -0.782. The van der Waals surface area contributed by atoms with E-state index in [2.05, 4.69) is 0 Å². The fraction of sp³-hybridized carbons (Fsp3) is 0.429. The van der Waals surface area contributed by atoms with Crippen molar-refractivity contribution >= 4 is 35.6 Å². The molecule has 0 aliphatic rings. The quantitative estimate of drug-likeness (QED) is 0.221. The predicted molar refractivity (Wildman–Crippen MR) is 59.0 cm³/mol. The van der Waals surface area contributed by atoms with Crippen LogP contribution in [-0.4, -0.2) is 52.4 Å². The van der Waals surface area contributed by atoms with E-state index < -0.39 is 12.0 Å². The summed E-state index contributed by atoms with van der Waals surface area (Å²) in [5.41, 5.74) is 5.19. The number of guanidine groups is 1. The van der Waals surface area contributed by atoms with Crippen LogP contribution in [0.2, 0.25) is 0 Å². The van der Waals surface area contributed by atoms with Crippen LogP contribution in [0.25, 0.3) is 0 Å². The van der Waals surface area contributed by atoms with Crippen LogP contribution in [-0.2, 0) is 4.79 Å². The topological polar surface area (TPSA) is 93.7 Å². The summed E-state index contributed by atoms with van der Waals surface area (Å²) in [4.78, 5) is 23.0. The van der Waals surface area contributed by atoms with Crippen molar-refractivity contribution in [2.75, 3.05) is 14.1 Å². The van der Waals surface area contributed by atoms with Gasteiger partial charge < -0.3 is 5.73 Å². The molecule has 0 atom stereocenters. The lowest BCUT2D eigenvalue weighted by Gasteiger charge is -2.29. The predicted octanol–water partition coefficient (Wildman–Crippen LogP) is -0.416. The van der Waals surface area contributed by atoms with Gasteiger partial charge in [-0.2, -0.15) is 5.01 Å². The van der Waals surface area contributed by atoms with Crippen molar-refractivity contribution in [1.29, 1.82) is 5.41 Å². The van der Waals surface area contributed by atoms with E-state index in [9.17, 15) is 9.59 Å². The van der Waals surface area contributed by atoms with Crippen molar-refractivity contribution < 1.29 is 9.59 Å². The fourth-order valence-electron chi connectivity index (χ4n) is 0.846. The van der Waals surface area contributed by atoms with Gasteiger partial charge >= 0.3 is 6.03 Å². The van der Waals surface area contributed by atoms with E-state index in [-0.39, 0.29) is 11.4 Å². The number of carbonyl (C=O) groups excluding carboxylic acids is 2. The van der Waals surface area contributed by atoms with Crippen molar-refractivity contribution in [2.45, 2.75) is 6.92 Å². The Balaban J connectivity index is 5.00. The molecular formula is C7H13N5O2S. The number of thiocarbonyl (C=S) groups is 1. The van der Waals surface area contributed by atoms with Crippen molar-refractivity contribution in [1.82, 2.24) is 14.9 Å². The minimum Gasteiger partial charge on any atom is -0.368 e. The zero-order valence-corrected chi connectivity index (χ0v) is 9.54. The second-order valence-electron chi connectivity index (χ2n) is 2.82. The maximum absolute atomic E-state index is 11.7. The molecule has 3 N–H and O–H groups in total. The van der Waals surface area contributed by atoms with E-state index in [4.69, 9.17) is 23.4 Å². The molecule has 0 aromatic rings. The first-order valence-electron chi connectivity index (χ1n) is 3.93. The fourth-order valence-corrected chi connectivity index (χ4v) is 0.967. The molecule has 84 valence electrons. The zero-order valence-electron chi connectivity index (χ0n) is 8.72. The second kappa shape index (κ2) is 5.37. The molecule has 0 aromatic heterocycles. The molecule has 0 heterocycles. The first-order valence-corrected chi connectivity index (χ1v) is 4.34. The number of imide groups is 1. The summed E-state index contributed by atoms with van der Waals surface area (Å²) in [5, 5.41) is 9.26. The average molecular weight is 231 g/mol. The third-order valence-electron chi connectivity index (χ3n) is 1.46. The van der Waals surface area contributed by atoms with Crippen LogP contribution >= 0.6 is 12.2 Å². The molecule has 0 radical (unpaired) electrons. The van der Waals surface area contributed by atoms with Gasteiger partial charge in [0.2, 0.25) is 12.4 Å². The van der Waals surface area contributed by atoms with Crippen molar-refractivity contribution in [3.63, 3.8) is 0 Å². The highest BCUT2D eigenvalue weighted by molar-refractivity contribution is 7.80. The van der Waals surface area contributed by atoms with Gasteiger partial charge in [-0.25, -0.2) is 14.7 Å². The summed E-state index contributed by atoms with van der Waals surface area (Å²) >= 11 is 4.70. The first kappa shape index (κ1) is 13.5. The number of nitrogens with zero attached hydrogens (tertiary/aromatic N) is 3. The normalized spacial score (nSPS) is 9.60. The Morgan fingerprint density at radius 2 is 1.93 bits per heavy atom. The maximum atomic E-state index is 11.7. The summed E-state index contributed by atoms with van der Waals surface area (Å²) in [6.45, 7) is 1.43. The summed E-state index contributed by atoms with van der Waals surface area (Å²) in [6, 6.07) is -0.782. The van der Waals surface area contributed by atoms with E-state index in [0.717, 1.165) is 5.01 Å². The Bertz CT molecular complexity index is 304. The molecule has 3 amide bonds. The van der Waals surface area contributed by atoms with E-state index in [1.54, 1.807) is 0 Å². The molecule has 7 nitrogen and oxygen atoms in total. The number of nitrogens with two attached hydrogens (primary N) is 1. The van der Waals surface area contributed by atoms with Crippen LogP contribution in [0.3, 0.4) is 0 Å². The molecule has 0 aliphatic carbocycles. The van der Waals surface area contributed by atoms with Crippen LogP contribution in [0, 0.1) is 5.41 Å². The molecule has 15 heavy (non-hydrogen) atoms. The molecule has 0 saturated carbocycles. The Labute approximate surface area is 92.9 Å². The van der Waals surface area contributed by atoms with Gasteiger partial charge in [0, 0.05) is 14.1 Å². The maximum Gasteiger partial charge on any atom is 0.353 e. The van der Waals surface area contributed by atoms with Crippen LogP contribution in [0.15, 0.2) is 0 Å². The Kier molecular flexibility index (Phi) is 4.82. The Morgan fingerprint density at radius 3 is 2.13 bits per heavy atom. The average Bonchev–Trinajstić information content (AvgIpc) is 2.02. The van der Waals surface area contributed by atoms with Gasteiger partial charge in [0.05, 0.1) is 4.99 Å². The molecule has 0 unspecified atom stereocenters. The van der Waals surface area contributed by atoms with Gasteiger partial charge in [-0.05, 0) is 6.92 Å². The van der Waals surface area contributed by atoms with E-state index in [1.807, 2.05) is 0 Å². The monoisotopic (exact) mass is 231 g/mol. The molecule has 0 bridgehead atoms. The second-order valence-corrected chi connectivity index (χ2v) is 3.41. The van der Waals surface area contributed by atoms with Crippen LogP contribution in [0.1, 0.15) is 6.92 Å². The van der Waals surface area contributed by atoms with Gasteiger partial charge in [0.15, 0.2) is 0 Å². The van der Waals surface area contributed by atoms with Crippen LogP contribution in [0.4, 0.5) is 4.79 Å². The van der Waals surface area contributed by atoms with E-state index in [1.165, 1.54) is 26.0 Å². The summed E-state index contributed by atoms with van der Waals surface area (Å²) in [5.74, 6) is -0.492. The third-order valence-corrected chi connectivity index (χ3v) is 1.66. The number of hydrazine groups is 1. The minimum absolute atomic E-state index is 0.0862. The van der Waals surface area contributed by atoms with Crippen molar-refractivity contribution in [2.24, 2.45) is 5.73 Å². The molecule has 0 spiro atoms. The highest BCUT2D eigenvalue weighted by Gasteiger charge is 2.25. The number of hydrogen-bond donors (Lipinski definition) is 2. The standard InChI is InChI=1S/C7H13N5O2S/c1-5(15)11(4-13)7(14)12(6(8)9)10(2)3/h4H,1-3H3,(H3,8,9). The lowest BCUT2D eigenvalue weighted by Crippen LogP contribution is -2.55. The number of nitrogens with one attached hydrogen (secondary N) is 1. The van der Waals surface area contributed by atoms with E-state index in [0.29, 0.717) is 4.90 Å². The first-order chi connectivity index (χ1) is 6.82. The summed E-state index contributed by atoms with van der Waals surface area (Å²) in [6.07, 6.45) is 0.282. The molecule has 0 rings (SSSR count). The molecule has 8 heteroatoms. The number of amides is 3. The SMILES string of the molecule is CC(=S)N(C=O)C(=O)N(C(=N)N)N(C)C. The zero-order chi connectivity index (χ0) is 12.2. The number of rotatable bonds is 2. The highest BCUT2D eigenvalue weighted by atomic mass is 32.1. The van der Waals surface area contributed by atoms with Gasteiger partial charge in [0.1, 0.15) is 0 Å². The molecule has 0 fully saturated rings. The van der Waals surface area contributed by atoms with Crippen LogP contribution < -0.4 is 5.73 Å². The number of hydrogen-bond acceptors (Lipinski definition) is 5. The lowest BCUT2D eigenvalue weighted by molar-refractivity contribution is -0.113. The van der Waals surface area contributed by atoms with Crippen molar-refractivity contribution in [3.05, 3.63) is 0 Å². The van der Waals surface area contributed by atoms with Gasteiger partial charge in [-0.1, -0.05) is 12.2 Å². The largest absolute Gasteiger partial charge is 0.368 e.